The lowest BCUT2D eigenvalue weighted by Crippen LogP contribution is -2.42. The van der Waals surface area contributed by atoms with Crippen molar-refractivity contribution in [2.24, 2.45) is 5.92 Å². The Labute approximate surface area is 124 Å². The smallest absolute Gasteiger partial charge is 0.223 e. The number of hydrogen-bond acceptors (Lipinski definition) is 5. The Bertz CT molecular complexity index is 592. The zero-order valence-electron chi connectivity index (χ0n) is 12.2. The number of amides is 1. The maximum Gasteiger partial charge on any atom is 0.223 e. The van der Waals surface area contributed by atoms with Crippen LogP contribution in [0.5, 0.6) is 0 Å². The molecule has 1 aliphatic heterocycles. The van der Waals surface area contributed by atoms with Gasteiger partial charge in [-0.15, -0.1) is 0 Å². The number of piperidine rings is 1. The summed E-state index contributed by atoms with van der Waals surface area (Å²) in [5.74, 6) is -0.188. The molecule has 0 saturated carbocycles. The van der Waals surface area contributed by atoms with E-state index in [1.165, 1.54) is 10.6 Å². The van der Waals surface area contributed by atoms with Crippen molar-refractivity contribution in [3.05, 3.63) is 23.5 Å². The maximum atomic E-state index is 12.1. The molecule has 2 rings (SSSR count). The first kappa shape index (κ1) is 15.8. The zero-order valence-corrected chi connectivity index (χ0v) is 13.1. The first-order chi connectivity index (χ1) is 9.86. The molecule has 1 aromatic rings. The molecule has 0 atom stereocenters. The summed E-state index contributed by atoms with van der Waals surface area (Å²) >= 11 is 0. The van der Waals surface area contributed by atoms with E-state index in [2.05, 4.69) is 15.5 Å². The van der Waals surface area contributed by atoms with Gasteiger partial charge < -0.3 is 5.32 Å². The SMILES string of the molecule is Cc1ccc(CNC(=O)C2CCN(S(C)(=O)=O)CC2)nn1. The van der Waals surface area contributed by atoms with Gasteiger partial charge in [-0.2, -0.15) is 10.2 Å². The topological polar surface area (TPSA) is 92.3 Å². The van der Waals surface area contributed by atoms with Crippen molar-refractivity contribution in [1.29, 1.82) is 0 Å². The Morgan fingerprint density at radius 2 is 2.00 bits per heavy atom. The molecular formula is C13H20N4O3S. The molecule has 1 amide bonds. The number of aromatic nitrogens is 2. The summed E-state index contributed by atoms with van der Waals surface area (Å²) in [7, 11) is -3.15. The van der Waals surface area contributed by atoms with E-state index in [-0.39, 0.29) is 11.8 Å². The van der Waals surface area contributed by atoms with E-state index in [0.717, 1.165) is 5.69 Å². The number of carbonyl (C=O) groups excluding carboxylic acids is 1. The molecule has 1 aliphatic rings. The van der Waals surface area contributed by atoms with E-state index >= 15 is 0 Å². The third-order valence-corrected chi connectivity index (χ3v) is 4.89. The second-order valence-corrected chi connectivity index (χ2v) is 7.30. The highest BCUT2D eigenvalue weighted by Crippen LogP contribution is 2.19. The number of carbonyl (C=O) groups is 1. The second-order valence-electron chi connectivity index (χ2n) is 5.32. The van der Waals surface area contributed by atoms with Crippen LogP contribution in [0.15, 0.2) is 12.1 Å². The maximum absolute atomic E-state index is 12.1. The molecule has 2 heterocycles. The molecule has 0 aromatic carbocycles. The van der Waals surface area contributed by atoms with Crippen LogP contribution in [-0.2, 0) is 21.4 Å². The average molecular weight is 312 g/mol. The quantitative estimate of drug-likeness (QED) is 0.849. The summed E-state index contributed by atoms with van der Waals surface area (Å²) in [6.45, 7) is 3.01. The monoisotopic (exact) mass is 312 g/mol. The van der Waals surface area contributed by atoms with Crippen LogP contribution in [-0.4, -0.2) is 48.2 Å². The molecule has 21 heavy (non-hydrogen) atoms. The van der Waals surface area contributed by atoms with E-state index in [1.807, 2.05) is 19.1 Å². The predicted molar refractivity (Wildman–Crippen MR) is 77.8 cm³/mol. The first-order valence-corrected chi connectivity index (χ1v) is 8.73. The van der Waals surface area contributed by atoms with Gasteiger partial charge in [-0.3, -0.25) is 4.79 Å². The summed E-state index contributed by atoms with van der Waals surface area (Å²) in [6, 6.07) is 3.67. The van der Waals surface area contributed by atoms with Crippen LogP contribution in [0.1, 0.15) is 24.2 Å². The molecule has 116 valence electrons. The van der Waals surface area contributed by atoms with Gasteiger partial charge in [0.25, 0.3) is 0 Å². The van der Waals surface area contributed by atoms with Crippen LogP contribution < -0.4 is 5.32 Å². The average Bonchev–Trinajstić information content (AvgIpc) is 2.45. The lowest BCUT2D eigenvalue weighted by atomic mass is 9.97. The van der Waals surface area contributed by atoms with Crippen LogP contribution in [0.25, 0.3) is 0 Å². The van der Waals surface area contributed by atoms with E-state index in [9.17, 15) is 13.2 Å². The number of rotatable bonds is 4. The molecule has 0 radical (unpaired) electrons. The van der Waals surface area contributed by atoms with Gasteiger partial charge in [0.15, 0.2) is 0 Å². The van der Waals surface area contributed by atoms with Crippen molar-refractivity contribution in [1.82, 2.24) is 19.8 Å². The number of aryl methyl sites for hydroxylation is 1. The number of hydrogen-bond donors (Lipinski definition) is 1. The molecule has 1 N–H and O–H groups in total. The molecule has 0 spiro atoms. The largest absolute Gasteiger partial charge is 0.350 e. The van der Waals surface area contributed by atoms with Crippen LogP contribution in [0.4, 0.5) is 0 Å². The molecule has 1 aromatic heterocycles. The molecule has 8 heteroatoms. The number of nitrogens with zero attached hydrogens (tertiary/aromatic N) is 3. The highest BCUT2D eigenvalue weighted by atomic mass is 32.2. The van der Waals surface area contributed by atoms with Crippen molar-refractivity contribution < 1.29 is 13.2 Å². The van der Waals surface area contributed by atoms with Crippen LogP contribution in [0.3, 0.4) is 0 Å². The zero-order chi connectivity index (χ0) is 15.5. The van der Waals surface area contributed by atoms with Gasteiger partial charge in [-0.1, -0.05) is 0 Å². The van der Waals surface area contributed by atoms with Gasteiger partial charge in [0.1, 0.15) is 0 Å². The van der Waals surface area contributed by atoms with Gasteiger partial charge in [-0.25, -0.2) is 12.7 Å². The van der Waals surface area contributed by atoms with Crippen LogP contribution in [0, 0.1) is 12.8 Å². The van der Waals surface area contributed by atoms with Crippen molar-refractivity contribution in [2.45, 2.75) is 26.3 Å². The van der Waals surface area contributed by atoms with Crippen molar-refractivity contribution in [3.63, 3.8) is 0 Å². The van der Waals surface area contributed by atoms with Crippen LogP contribution >= 0.6 is 0 Å². The standard InChI is InChI=1S/C13H20N4O3S/c1-10-3-4-12(16-15-10)9-14-13(18)11-5-7-17(8-6-11)21(2,19)20/h3-4,11H,5-9H2,1-2H3,(H,14,18). The number of nitrogens with one attached hydrogen (secondary N) is 1. The van der Waals surface area contributed by atoms with Gasteiger partial charge in [0.2, 0.25) is 15.9 Å². The summed E-state index contributed by atoms with van der Waals surface area (Å²) in [5.41, 5.74) is 1.54. The third kappa shape index (κ3) is 4.47. The summed E-state index contributed by atoms with van der Waals surface area (Å²) < 4.78 is 24.2. The fraction of sp³-hybridized carbons (Fsp3) is 0.615. The van der Waals surface area contributed by atoms with Gasteiger partial charge >= 0.3 is 0 Å². The van der Waals surface area contributed by atoms with E-state index in [0.29, 0.717) is 38.2 Å². The lowest BCUT2D eigenvalue weighted by Gasteiger charge is -2.29. The minimum absolute atomic E-state index is 0.0504. The fourth-order valence-corrected chi connectivity index (χ4v) is 3.17. The first-order valence-electron chi connectivity index (χ1n) is 6.88. The molecule has 0 aliphatic carbocycles. The summed E-state index contributed by atoms with van der Waals surface area (Å²) in [5, 5.41) is 10.8. The second kappa shape index (κ2) is 6.48. The highest BCUT2D eigenvalue weighted by Gasteiger charge is 2.28. The van der Waals surface area contributed by atoms with Crippen molar-refractivity contribution in [2.75, 3.05) is 19.3 Å². The van der Waals surface area contributed by atoms with Crippen molar-refractivity contribution >= 4 is 15.9 Å². The molecule has 0 unspecified atom stereocenters. The van der Waals surface area contributed by atoms with Crippen LogP contribution in [0.2, 0.25) is 0 Å². The Morgan fingerprint density at radius 1 is 1.33 bits per heavy atom. The van der Waals surface area contributed by atoms with Gasteiger partial charge in [0.05, 0.1) is 24.2 Å². The minimum atomic E-state index is -3.15. The minimum Gasteiger partial charge on any atom is -0.350 e. The van der Waals surface area contributed by atoms with E-state index < -0.39 is 10.0 Å². The fourth-order valence-electron chi connectivity index (χ4n) is 2.29. The number of sulfonamides is 1. The molecule has 7 nitrogen and oxygen atoms in total. The molecular weight excluding hydrogens is 292 g/mol. The van der Waals surface area contributed by atoms with Gasteiger partial charge in [-0.05, 0) is 31.9 Å². The summed E-state index contributed by atoms with van der Waals surface area (Å²) in [4.78, 5) is 12.1. The molecule has 1 saturated heterocycles. The van der Waals surface area contributed by atoms with E-state index in [4.69, 9.17) is 0 Å². The third-order valence-electron chi connectivity index (χ3n) is 3.59. The van der Waals surface area contributed by atoms with Crippen molar-refractivity contribution in [3.8, 4) is 0 Å². The predicted octanol–water partition coefficient (Wildman–Crippen LogP) is 0.0728. The van der Waals surface area contributed by atoms with E-state index in [1.54, 1.807) is 0 Å². The Morgan fingerprint density at radius 3 is 2.52 bits per heavy atom. The summed E-state index contributed by atoms with van der Waals surface area (Å²) in [6.07, 6.45) is 2.31. The Hall–Kier alpha value is -1.54. The Balaban J connectivity index is 1.81. The highest BCUT2D eigenvalue weighted by molar-refractivity contribution is 7.88. The normalized spacial score (nSPS) is 17.6. The van der Waals surface area contributed by atoms with Gasteiger partial charge in [0, 0.05) is 19.0 Å². The lowest BCUT2D eigenvalue weighted by molar-refractivity contribution is -0.126. The molecule has 1 fully saturated rings. The Kier molecular flexibility index (Phi) is 4.89. The molecule has 0 bridgehead atoms.